The van der Waals surface area contributed by atoms with Gasteiger partial charge in [-0.15, -0.1) is 0 Å². The highest BCUT2D eigenvalue weighted by molar-refractivity contribution is 6.11. The van der Waals surface area contributed by atoms with Crippen molar-refractivity contribution >= 4 is 11.6 Å². The molecule has 1 heterocycles. The van der Waals surface area contributed by atoms with Crippen LogP contribution in [0.3, 0.4) is 0 Å². The number of ketones is 2. The monoisotopic (exact) mass is 359 g/mol. The first-order chi connectivity index (χ1) is 12.5. The van der Waals surface area contributed by atoms with Crippen LogP contribution in [0.2, 0.25) is 0 Å². The van der Waals surface area contributed by atoms with E-state index in [4.69, 9.17) is 14.2 Å². The zero-order valence-corrected chi connectivity index (χ0v) is 15.7. The molecule has 6 heteroatoms. The summed E-state index contributed by atoms with van der Waals surface area (Å²) in [7, 11) is 6.76. The third-order valence-corrected chi connectivity index (χ3v) is 6.51. The second-order valence-corrected chi connectivity index (χ2v) is 7.55. The maximum atomic E-state index is 13.1. The van der Waals surface area contributed by atoms with Crippen LogP contribution in [0.25, 0.3) is 0 Å². The minimum absolute atomic E-state index is 0.0307. The Balaban J connectivity index is 1.92. The van der Waals surface area contributed by atoms with E-state index in [1.165, 1.54) is 13.2 Å². The topological polar surface area (TPSA) is 65.1 Å². The fraction of sp³-hybridized carbons (Fsp3) is 0.600. The zero-order chi connectivity index (χ0) is 18.6. The number of nitrogens with zero attached hydrogens (tertiary/aromatic N) is 1. The number of carbonyl (C=O) groups excluding carboxylic acids is 2. The van der Waals surface area contributed by atoms with Gasteiger partial charge in [0.15, 0.2) is 23.1 Å². The highest BCUT2D eigenvalue weighted by Gasteiger charge is 2.56. The van der Waals surface area contributed by atoms with E-state index in [0.717, 1.165) is 18.5 Å². The number of piperidine rings is 1. The van der Waals surface area contributed by atoms with Crippen molar-refractivity contribution in [3.63, 3.8) is 0 Å². The van der Waals surface area contributed by atoms with E-state index in [0.29, 0.717) is 23.9 Å². The fourth-order valence-corrected chi connectivity index (χ4v) is 5.34. The van der Waals surface area contributed by atoms with Gasteiger partial charge in [-0.1, -0.05) is 0 Å². The molecule has 1 saturated carbocycles. The van der Waals surface area contributed by atoms with E-state index in [1.807, 2.05) is 0 Å². The number of fused-ring (bicyclic) bond motifs is 2. The van der Waals surface area contributed by atoms with Crippen LogP contribution in [0.15, 0.2) is 35.0 Å². The van der Waals surface area contributed by atoms with Crippen LogP contribution in [0.1, 0.15) is 12.8 Å². The van der Waals surface area contributed by atoms with Crippen molar-refractivity contribution in [2.75, 3.05) is 34.9 Å². The standard InChI is InChI=1S/C20H25NO5/c1-21-6-5-10-7-15(25-3)20(26-4)18-16(10)12(21)8-11-13(22)9-14(24-2)19(23)17(11)18/h7,9-12,16-17H,5-6,8H2,1-4H3/t10-,11+,12-,16+,17+/m0/s1. The van der Waals surface area contributed by atoms with E-state index in [-0.39, 0.29) is 35.2 Å². The van der Waals surface area contributed by atoms with Crippen molar-refractivity contribution in [2.24, 2.45) is 23.7 Å². The van der Waals surface area contributed by atoms with E-state index in [1.54, 1.807) is 14.2 Å². The Bertz CT molecular complexity index is 749. The number of allylic oxidation sites excluding steroid dienone is 3. The number of hydrogen-bond donors (Lipinski definition) is 0. The number of methoxy groups -OCH3 is 3. The van der Waals surface area contributed by atoms with Crippen LogP contribution in [-0.2, 0) is 23.8 Å². The third-order valence-electron chi connectivity index (χ3n) is 6.51. The molecule has 0 radical (unpaired) electrons. The van der Waals surface area contributed by atoms with Gasteiger partial charge >= 0.3 is 0 Å². The average molecular weight is 359 g/mol. The molecule has 1 saturated heterocycles. The van der Waals surface area contributed by atoms with Gasteiger partial charge in [0, 0.05) is 24.0 Å². The van der Waals surface area contributed by atoms with Gasteiger partial charge in [0.2, 0.25) is 5.78 Å². The minimum Gasteiger partial charge on any atom is -0.493 e. The quantitative estimate of drug-likeness (QED) is 0.764. The lowest BCUT2D eigenvalue weighted by atomic mass is 9.57. The average Bonchev–Trinajstić information content (AvgIpc) is 2.66. The lowest BCUT2D eigenvalue weighted by molar-refractivity contribution is -0.134. The highest BCUT2D eigenvalue weighted by Crippen LogP contribution is 2.53. The molecule has 4 aliphatic rings. The number of ether oxygens (including phenoxy) is 3. The molecule has 0 aromatic heterocycles. The summed E-state index contributed by atoms with van der Waals surface area (Å²) in [5.41, 5.74) is 0.922. The van der Waals surface area contributed by atoms with Gasteiger partial charge in [0.05, 0.1) is 27.2 Å². The largest absolute Gasteiger partial charge is 0.493 e. The molecule has 1 aliphatic heterocycles. The zero-order valence-electron chi connectivity index (χ0n) is 15.7. The molecule has 26 heavy (non-hydrogen) atoms. The Kier molecular flexibility index (Phi) is 4.18. The number of hydrogen-bond acceptors (Lipinski definition) is 6. The van der Waals surface area contributed by atoms with Gasteiger partial charge in [0.1, 0.15) is 0 Å². The predicted octanol–water partition coefficient (Wildman–Crippen LogP) is 1.69. The second-order valence-electron chi connectivity index (χ2n) is 7.55. The van der Waals surface area contributed by atoms with Gasteiger partial charge in [-0.3, -0.25) is 9.59 Å². The number of rotatable bonds is 3. The number of carbonyl (C=O) groups is 2. The molecule has 0 unspecified atom stereocenters. The Morgan fingerprint density at radius 3 is 2.46 bits per heavy atom. The van der Waals surface area contributed by atoms with Gasteiger partial charge in [-0.05, 0) is 44.0 Å². The molecule has 0 aromatic carbocycles. The summed E-state index contributed by atoms with van der Waals surface area (Å²) in [6.45, 7) is 0.966. The lowest BCUT2D eigenvalue weighted by Gasteiger charge is -2.53. The summed E-state index contributed by atoms with van der Waals surface area (Å²) in [6.07, 6.45) is 5.19. The molecular formula is C20H25NO5. The van der Waals surface area contributed by atoms with E-state index in [9.17, 15) is 9.59 Å². The summed E-state index contributed by atoms with van der Waals surface area (Å²) in [6, 6.07) is 0.221. The van der Waals surface area contributed by atoms with E-state index < -0.39 is 5.92 Å². The van der Waals surface area contributed by atoms with Crippen molar-refractivity contribution in [1.29, 1.82) is 0 Å². The first-order valence-electron chi connectivity index (χ1n) is 9.10. The van der Waals surface area contributed by atoms with Crippen molar-refractivity contribution in [3.8, 4) is 0 Å². The molecule has 0 aromatic rings. The molecule has 140 valence electrons. The summed E-state index contributed by atoms with van der Waals surface area (Å²) < 4.78 is 16.5. The van der Waals surface area contributed by atoms with Crippen LogP contribution < -0.4 is 0 Å². The molecule has 0 amide bonds. The van der Waals surface area contributed by atoms with Crippen LogP contribution in [0, 0.1) is 23.7 Å². The summed E-state index contributed by atoms with van der Waals surface area (Å²) >= 11 is 0. The Hall–Kier alpha value is -2.08. The summed E-state index contributed by atoms with van der Waals surface area (Å²) in [4.78, 5) is 28.3. The number of Topliss-reactive ketones (excluding diaryl/α,β-unsaturated/α-hetero) is 1. The molecule has 5 atom stereocenters. The maximum absolute atomic E-state index is 13.1. The smallest absolute Gasteiger partial charge is 0.205 e. The van der Waals surface area contributed by atoms with Gasteiger partial charge < -0.3 is 19.1 Å². The van der Waals surface area contributed by atoms with Gasteiger partial charge in [-0.25, -0.2) is 0 Å². The van der Waals surface area contributed by atoms with Crippen molar-refractivity contribution < 1.29 is 23.8 Å². The lowest BCUT2D eigenvalue weighted by Crippen LogP contribution is -2.57. The highest BCUT2D eigenvalue weighted by atomic mass is 16.5. The van der Waals surface area contributed by atoms with Crippen molar-refractivity contribution in [1.82, 2.24) is 4.90 Å². The van der Waals surface area contributed by atoms with E-state index >= 15 is 0 Å². The molecule has 3 aliphatic carbocycles. The van der Waals surface area contributed by atoms with Gasteiger partial charge in [-0.2, -0.15) is 0 Å². The molecule has 0 spiro atoms. The predicted molar refractivity (Wildman–Crippen MR) is 93.8 cm³/mol. The molecular weight excluding hydrogens is 334 g/mol. The van der Waals surface area contributed by atoms with Gasteiger partial charge in [0.25, 0.3) is 0 Å². The van der Waals surface area contributed by atoms with Crippen molar-refractivity contribution in [3.05, 3.63) is 35.0 Å². The molecule has 0 bridgehead atoms. The summed E-state index contributed by atoms with van der Waals surface area (Å²) in [5, 5.41) is 0. The minimum atomic E-state index is -0.522. The second kappa shape index (κ2) is 6.27. The van der Waals surface area contributed by atoms with Crippen LogP contribution in [0.5, 0.6) is 0 Å². The van der Waals surface area contributed by atoms with Crippen LogP contribution >= 0.6 is 0 Å². The van der Waals surface area contributed by atoms with E-state index in [2.05, 4.69) is 18.0 Å². The molecule has 2 fully saturated rings. The van der Waals surface area contributed by atoms with Crippen molar-refractivity contribution in [2.45, 2.75) is 18.9 Å². The molecule has 6 nitrogen and oxygen atoms in total. The molecule has 0 N–H and O–H groups in total. The first kappa shape index (κ1) is 17.3. The van der Waals surface area contributed by atoms with Crippen LogP contribution in [0.4, 0.5) is 0 Å². The molecule has 4 rings (SSSR count). The summed E-state index contributed by atoms with van der Waals surface area (Å²) in [5.74, 6) is 0.848. The number of likely N-dealkylation sites (tertiary alicyclic amines) is 1. The fourth-order valence-electron chi connectivity index (χ4n) is 5.34. The normalized spacial score (nSPS) is 36.7. The third kappa shape index (κ3) is 2.28. The SMILES string of the molecule is COC1=CC(=O)[C@H]2C[C@H]3[C@@H]4C(=C(OC)C(OC)=C[C@@H]4CCN3C)[C@@H]2C1=O. The van der Waals surface area contributed by atoms with Crippen LogP contribution in [-0.4, -0.2) is 57.4 Å². The maximum Gasteiger partial charge on any atom is 0.205 e. The Morgan fingerprint density at radius 2 is 1.81 bits per heavy atom. The Labute approximate surface area is 153 Å². The Morgan fingerprint density at radius 1 is 1.08 bits per heavy atom. The first-order valence-corrected chi connectivity index (χ1v) is 9.10.